The average molecular weight is 336 g/mol. The molecule has 1 saturated heterocycles. The Morgan fingerprint density at radius 2 is 2.11 bits per heavy atom. The predicted molar refractivity (Wildman–Crippen MR) is 75.1 cm³/mol. The highest BCUT2D eigenvalue weighted by atomic mass is 79.9. The SMILES string of the molecule is COc1cc(Cl)cc(CBr)c1OC1CCOCC1. The topological polar surface area (TPSA) is 27.7 Å². The molecule has 0 saturated carbocycles. The second-order valence-electron chi connectivity index (χ2n) is 4.16. The Morgan fingerprint density at radius 3 is 2.72 bits per heavy atom. The smallest absolute Gasteiger partial charge is 0.165 e. The van der Waals surface area contributed by atoms with E-state index >= 15 is 0 Å². The van der Waals surface area contributed by atoms with Gasteiger partial charge in [-0.2, -0.15) is 0 Å². The molecule has 1 aliphatic heterocycles. The van der Waals surface area contributed by atoms with E-state index in [-0.39, 0.29) is 6.10 Å². The van der Waals surface area contributed by atoms with Crippen molar-refractivity contribution in [3.8, 4) is 11.5 Å². The molecule has 1 aromatic rings. The molecule has 0 unspecified atom stereocenters. The molecule has 0 spiro atoms. The van der Waals surface area contributed by atoms with Gasteiger partial charge in [0.1, 0.15) is 6.10 Å². The van der Waals surface area contributed by atoms with Crippen LogP contribution in [0.25, 0.3) is 0 Å². The van der Waals surface area contributed by atoms with Crippen LogP contribution in [0.15, 0.2) is 12.1 Å². The van der Waals surface area contributed by atoms with Gasteiger partial charge in [-0.1, -0.05) is 27.5 Å². The predicted octanol–water partition coefficient (Wildman–Crippen LogP) is 3.80. The van der Waals surface area contributed by atoms with Crippen molar-refractivity contribution in [3.05, 3.63) is 22.7 Å². The van der Waals surface area contributed by atoms with Crippen LogP contribution in [0.3, 0.4) is 0 Å². The fourth-order valence-electron chi connectivity index (χ4n) is 1.97. The zero-order valence-electron chi connectivity index (χ0n) is 10.2. The molecule has 0 amide bonds. The highest BCUT2D eigenvalue weighted by molar-refractivity contribution is 9.08. The number of ether oxygens (including phenoxy) is 3. The van der Waals surface area contributed by atoms with Crippen molar-refractivity contribution in [2.75, 3.05) is 20.3 Å². The number of methoxy groups -OCH3 is 1. The molecule has 0 N–H and O–H groups in total. The van der Waals surface area contributed by atoms with Crippen LogP contribution in [-0.2, 0) is 10.1 Å². The lowest BCUT2D eigenvalue weighted by Gasteiger charge is -2.25. The second kappa shape index (κ2) is 6.64. The van der Waals surface area contributed by atoms with E-state index in [1.54, 1.807) is 13.2 Å². The van der Waals surface area contributed by atoms with Crippen LogP contribution in [0.5, 0.6) is 11.5 Å². The molecular weight excluding hydrogens is 319 g/mol. The maximum atomic E-state index is 6.06. The molecule has 1 heterocycles. The first kappa shape index (κ1) is 14.0. The van der Waals surface area contributed by atoms with E-state index in [1.165, 1.54) is 0 Å². The number of halogens is 2. The fourth-order valence-corrected chi connectivity index (χ4v) is 2.62. The highest BCUT2D eigenvalue weighted by Gasteiger charge is 2.20. The second-order valence-corrected chi connectivity index (χ2v) is 5.16. The molecule has 100 valence electrons. The lowest BCUT2D eigenvalue weighted by molar-refractivity contribution is 0.0242. The minimum Gasteiger partial charge on any atom is -0.493 e. The molecule has 0 radical (unpaired) electrons. The average Bonchev–Trinajstić information content (AvgIpc) is 2.41. The Hall–Kier alpha value is -0.450. The van der Waals surface area contributed by atoms with Crippen molar-refractivity contribution < 1.29 is 14.2 Å². The highest BCUT2D eigenvalue weighted by Crippen LogP contribution is 2.37. The van der Waals surface area contributed by atoms with E-state index in [0.717, 1.165) is 37.4 Å². The van der Waals surface area contributed by atoms with Crippen LogP contribution in [-0.4, -0.2) is 26.4 Å². The van der Waals surface area contributed by atoms with Crippen molar-refractivity contribution >= 4 is 27.5 Å². The van der Waals surface area contributed by atoms with Gasteiger partial charge < -0.3 is 14.2 Å². The van der Waals surface area contributed by atoms with Crippen molar-refractivity contribution in [2.24, 2.45) is 0 Å². The number of rotatable bonds is 4. The zero-order chi connectivity index (χ0) is 13.0. The molecule has 1 aromatic carbocycles. The molecule has 5 heteroatoms. The summed E-state index contributed by atoms with van der Waals surface area (Å²) in [6.07, 6.45) is 2.01. The molecule has 18 heavy (non-hydrogen) atoms. The Kier molecular flexibility index (Phi) is 5.15. The molecule has 0 aliphatic carbocycles. The van der Waals surface area contributed by atoms with Crippen LogP contribution < -0.4 is 9.47 Å². The van der Waals surface area contributed by atoms with Gasteiger partial charge in [0.25, 0.3) is 0 Å². The van der Waals surface area contributed by atoms with Gasteiger partial charge in [0.15, 0.2) is 11.5 Å². The van der Waals surface area contributed by atoms with Crippen molar-refractivity contribution in [2.45, 2.75) is 24.3 Å². The van der Waals surface area contributed by atoms with Crippen molar-refractivity contribution in [1.29, 1.82) is 0 Å². The summed E-state index contributed by atoms with van der Waals surface area (Å²) in [4.78, 5) is 0. The summed E-state index contributed by atoms with van der Waals surface area (Å²) in [7, 11) is 1.63. The Balaban J connectivity index is 2.23. The summed E-state index contributed by atoms with van der Waals surface area (Å²) in [5, 5.41) is 1.34. The third kappa shape index (κ3) is 3.31. The summed E-state index contributed by atoms with van der Waals surface area (Å²) >= 11 is 9.50. The minimum absolute atomic E-state index is 0.187. The van der Waals surface area contributed by atoms with Gasteiger partial charge in [0.2, 0.25) is 0 Å². The van der Waals surface area contributed by atoms with Gasteiger partial charge in [0.05, 0.1) is 20.3 Å². The lowest BCUT2D eigenvalue weighted by Crippen LogP contribution is -2.26. The number of hydrogen-bond donors (Lipinski definition) is 0. The molecule has 2 rings (SSSR count). The summed E-state index contributed by atoms with van der Waals surface area (Å²) in [5.41, 5.74) is 1.01. The quantitative estimate of drug-likeness (QED) is 0.783. The van der Waals surface area contributed by atoms with Gasteiger partial charge in [-0.05, 0) is 6.07 Å². The molecule has 0 aromatic heterocycles. The van der Waals surface area contributed by atoms with Gasteiger partial charge in [-0.3, -0.25) is 0 Å². The molecule has 3 nitrogen and oxygen atoms in total. The van der Waals surface area contributed by atoms with Crippen LogP contribution in [0.4, 0.5) is 0 Å². The zero-order valence-corrected chi connectivity index (χ0v) is 12.6. The Morgan fingerprint density at radius 1 is 1.39 bits per heavy atom. The van der Waals surface area contributed by atoms with E-state index in [0.29, 0.717) is 16.1 Å². The summed E-state index contributed by atoms with van der Waals surface area (Å²) in [6, 6.07) is 3.68. The fraction of sp³-hybridized carbons (Fsp3) is 0.538. The Bertz CT molecular complexity index is 380. The normalized spacial score (nSPS) is 16.6. The third-order valence-electron chi connectivity index (χ3n) is 2.91. The molecule has 1 fully saturated rings. The van der Waals surface area contributed by atoms with E-state index < -0.39 is 0 Å². The van der Waals surface area contributed by atoms with Gasteiger partial charge in [-0.25, -0.2) is 0 Å². The first-order chi connectivity index (χ1) is 8.74. The lowest BCUT2D eigenvalue weighted by atomic mass is 10.1. The number of hydrogen-bond acceptors (Lipinski definition) is 3. The van der Waals surface area contributed by atoms with E-state index in [9.17, 15) is 0 Å². The maximum absolute atomic E-state index is 6.06. The molecule has 0 bridgehead atoms. The van der Waals surface area contributed by atoms with Gasteiger partial charge in [-0.15, -0.1) is 0 Å². The van der Waals surface area contributed by atoms with Gasteiger partial charge in [0, 0.05) is 34.8 Å². The summed E-state index contributed by atoms with van der Waals surface area (Å²) < 4.78 is 16.7. The van der Waals surface area contributed by atoms with Gasteiger partial charge >= 0.3 is 0 Å². The van der Waals surface area contributed by atoms with Crippen molar-refractivity contribution in [1.82, 2.24) is 0 Å². The maximum Gasteiger partial charge on any atom is 0.165 e. The van der Waals surface area contributed by atoms with Crippen LogP contribution >= 0.6 is 27.5 Å². The number of alkyl halides is 1. The van der Waals surface area contributed by atoms with E-state index in [2.05, 4.69) is 15.9 Å². The minimum atomic E-state index is 0.187. The standard InChI is InChI=1S/C13H16BrClO3/c1-16-12-7-10(15)6-9(8-14)13(12)18-11-2-4-17-5-3-11/h6-7,11H,2-5,8H2,1H3. The van der Waals surface area contributed by atoms with E-state index in [1.807, 2.05) is 6.07 Å². The largest absolute Gasteiger partial charge is 0.493 e. The molecule has 0 atom stereocenters. The first-order valence-corrected chi connectivity index (χ1v) is 7.41. The molecular formula is C13H16BrClO3. The third-order valence-corrected chi connectivity index (χ3v) is 3.74. The van der Waals surface area contributed by atoms with E-state index in [4.69, 9.17) is 25.8 Å². The molecule has 1 aliphatic rings. The van der Waals surface area contributed by atoms with Crippen molar-refractivity contribution in [3.63, 3.8) is 0 Å². The monoisotopic (exact) mass is 334 g/mol. The Labute approximate surface area is 120 Å². The van der Waals surface area contributed by atoms with Crippen LogP contribution in [0, 0.1) is 0 Å². The van der Waals surface area contributed by atoms with Crippen LogP contribution in [0.2, 0.25) is 5.02 Å². The summed E-state index contributed by atoms with van der Waals surface area (Å²) in [6.45, 7) is 1.51. The summed E-state index contributed by atoms with van der Waals surface area (Å²) in [5.74, 6) is 1.47. The number of benzene rings is 1. The first-order valence-electron chi connectivity index (χ1n) is 5.91. The van der Waals surface area contributed by atoms with Crippen LogP contribution in [0.1, 0.15) is 18.4 Å².